The van der Waals surface area contributed by atoms with E-state index in [4.69, 9.17) is 11.6 Å². The normalized spacial score (nSPS) is 11.6. The standard InChI is InChI=1S/C26H25BrClFN2O2/c1-2-30-26(33)24(15-18-8-4-3-5-9-18)31(17-19-10-6-11-20(27)14-19)25(32)16-21-22(28)12-7-13-23(21)29/h3-14,24H,2,15-17H2,1H3,(H,30,33)/t24-/m0/s1. The van der Waals surface area contributed by atoms with E-state index >= 15 is 0 Å². The van der Waals surface area contributed by atoms with Gasteiger partial charge in [0.2, 0.25) is 11.8 Å². The molecule has 0 radical (unpaired) electrons. The number of hydrogen-bond acceptors (Lipinski definition) is 2. The SMILES string of the molecule is CCNC(=O)[C@H](Cc1ccccc1)N(Cc1cccc(Br)c1)C(=O)Cc1c(F)cccc1Cl. The van der Waals surface area contributed by atoms with Crippen LogP contribution in [0.5, 0.6) is 0 Å². The zero-order valence-electron chi connectivity index (χ0n) is 18.2. The van der Waals surface area contributed by atoms with Gasteiger partial charge in [-0.2, -0.15) is 0 Å². The fourth-order valence-electron chi connectivity index (χ4n) is 3.63. The molecule has 1 atom stereocenters. The van der Waals surface area contributed by atoms with Crippen molar-refractivity contribution in [3.8, 4) is 0 Å². The third-order valence-electron chi connectivity index (χ3n) is 5.25. The molecule has 172 valence electrons. The number of carbonyl (C=O) groups excluding carboxylic acids is 2. The number of carbonyl (C=O) groups is 2. The maximum Gasteiger partial charge on any atom is 0.243 e. The minimum Gasteiger partial charge on any atom is -0.355 e. The van der Waals surface area contributed by atoms with E-state index in [-0.39, 0.29) is 35.4 Å². The van der Waals surface area contributed by atoms with Gasteiger partial charge in [-0.3, -0.25) is 9.59 Å². The van der Waals surface area contributed by atoms with Crippen LogP contribution in [0.2, 0.25) is 5.02 Å². The van der Waals surface area contributed by atoms with Gasteiger partial charge in [-0.25, -0.2) is 4.39 Å². The molecule has 2 amide bonds. The molecule has 0 aliphatic heterocycles. The van der Waals surface area contributed by atoms with Crippen molar-refractivity contribution >= 4 is 39.3 Å². The van der Waals surface area contributed by atoms with Gasteiger partial charge >= 0.3 is 0 Å². The van der Waals surface area contributed by atoms with Crippen molar-refractivity contribution in [2.45, 2.75) is 32.4 Å². The predicted molar refractivity (Wildman–Crippen MR) is 132 cm³/mol. The second-order valence-electron chi connectivity index (χ2n) is 7.63. The molecule has 0 unspecified atom stereocenters. The Morgan fingerprint density at radius 3 is 2.39 bits per heavy atom. The fraction of sp³-hybridized carbons (Fsp3) is 0.231. The average molecular weight is 532 g/mol. The number of rotatable bonds is 9. The molecule has 33 heavy (non-hydrogen) atoms. The zero-order valence-corrected chi connectivity index (χ0v) is 20.6. The van der Waals surface area contributed by atoms with Crippen LogP contribution in [0.25, 0.3) is 0 Å². The van der Waals surface area contributed by atoms with Crippen LogP contribution in [-0.2, 0) is 29.0 Å². The highest BCUT2D eigenvalue weighted by atomic mass is 79.9. The Morgan fingerprint density at radius 1 is 1.03 bits per heavy atom. The lowest BCUT2D eigenvalue weighted by Gasteiger charge is -2.31. The van der Waals surface area contributed by atoms with E-state index in [9.17, 15) is 14.0 Å². The highest BCUT2D eigenvalue weighted by Gasteiger charge is 2.31. The first-order valence-electron chi connectivity index (χ1n) is 10.7. The first-order valence-corrected chi connectivity index (χ1v) is 11.8. The second kappa shape index (κ2) is 12.0. The summed E-state index contributed by atoms with van der Waals surface area (Å²) < 4.78 is 15.3. The lowest BCUT2D eigenvalue weighted by atomic mass is 10.0. The molecule has 0 heterocycles. The molecule has 0 saturated heterocycles. The molecule has 0 bridgehead atoms. The van der Waals surface area contributed by atoms with Crippen molar-refractivity contribution in [3.05, 3.63) is 105 Å². The molecular formula is C26H25BrClFN2O2. The smallest absolute Gasteiger partial charge is 0.243 e. The largest absolute Gasteiger partial charge is 0.355 e. The lowest BCUT2D eigenvalue weighted by Crippen LogP contribution is -2.51. The number of hydrogen-bond donors (Lipinski definition) is 1. The number of amides is 2. The molecule has 0 aliphatic rings. The quantitative estimate of drug-likeness (QED) is 0.393. The van der Waals surface area contributed by atoms with Crippen molar-refractivity contribution < 1.29 is 14.0 Å². The van der Waals surface area contributed by atoms with E-state index in [0.717, 1.165) is 15.6 Å². The summed E-state index contributed by atoms with van der Waals surface area (Å²) in [6, 6.07) is 20.6. The van der Waals surface area contributed by atoms with Gasteiger partial charge in [0.05, 0.1) is 6.42 Å². The van der Waals surface area contributed by atoms with Crippen LogP contribution >= 0.6 is 27.5 Å². The summed E-state index contributed by atoms with van der Waals surface area (Å²) in [5.41, 5.74) is 1.89. The Kier molecular flexibility index (Phi) is 9.03. The topological polar surface area (TPSA) is 49.4 Å². The number of benzene rings is 3. The molecule has 3 rings (SSSR count). The molecule has 0 aliphatic carbocycles. The molecule has 3 aromatic carbocycles. The van der Waals surface area contributed by atoms with Crippen molar-refractivity contribution in [3.63, 3.8) is 0 Å². The number of nitrogens with zero attached hydrogens (tertiary/aromatic N) is 1. The first kappa shape index (κ1) is 24.9. The summed E-state index contributed by atoms with van der Waals surface area (Å²) >= 11 is 9.64. The Balaban J connectivity index is 1.99. The average Bonchev–Trinajstić information content (AvgIpc) is 2.79. The summed E-state index contributed by atoms with van der Waals surface area (Å²) in [7, 11) is 0. The van der Waals surface area contributed by atoms with E-state index in [1.54, 1.807) is 6.07 Å². The van der Waals surface area contributed by atoms with Gasteiger partial charge in [-0.05, 0) is 42.3 Å². The zero-order chi connectivity index (χ0) is 23.8. The van der Waals surface area contributed by atoms with Crippen molar-refractivity contribution in [1.29, 1.82) is 0 Å². The van der Waals surface area contributed by atoms with Crippen LogP contribution in [0.3, 0.4) is 0 Å². The van der Waals surface area contributed by atoms with Crippen molar-refractivity contribution in [2.75, 3.05) is 6.54 Å². The molecule has 0 aromatic heterocycles. The third-order valence-corrected chi connectivity index (χ3v) is 6.10. The van der Waals surface area contributed by atoms with Crippen LogP contribution in [0.1, 0.15) is 23.6 Å². The van der Waals surface area contributed by atoms with Gasteiger partial charge in [0, 0.05) is 34.6 Å². The Morgan fingerprint density at radius 2 is 1.73 bits per heavy atom. The summed E-state index contributed by atoms with van der Waals surface area (Å²) in [5, 5.41) is 3.03. The van der Waals surface area contributed by atoms with E-state index in [1.165, 1.54) is 17.0 Å². The monoisotopic (exact) mass is 530 g/mol. The molecule has 4 nitrogen and oxygen atoms in total. The molecule has 0 fully saturated rings. The summed E-state index contributed by atoms with van der Waals surface area (Å²) in [4.78, 5) is 28.2. The van der Waals surface area contributed by atoms with Gasteiger partial charge in [-0.1, -0.05) is 76.1 Å². The summed E-state index contributed by atoms with van der Waals surface area (Å²) in [5.74, 6) is -1.19. The minimum absolute atomic E-state index is 0.123. The van der Waals surface area contributed by atoms with Crippen molar-refractivity contribution in [1.82, 2.24) is 10.2 Å². The van der Waals surface area contributed by atoms with E-state index < -0.39 is 11.9 Å². The Labute approximate surface area is 206 Å². The van der Waals surface area contributed by atoms with Crippen LogP contribution in [0.4, 0.5) is 4.39 Å². The highest BCUT2D eigenvalue weighted by molar-refractivity contribution is 9.10. The molecule has 3 aromatic rings. The number of nitrogens with one attached hydrogen (secondary N) is 1. The molecule has 0 saturated carbocycles. The number of likely N-dealkylation sites (N-methyl/N-ethyl adjacent to an activating group) is 1. The van der Waals surface area contributed by atoms with Crippen LogP contribution < -0.4 is 5.32 Å². The second-order valence-corrected chi connectivity index (χ2v) is 8.95. The van der Waals surface area contributed by atoms with Gasteiger partial charge in [0.25, 0.3) is 0 Å². The van der Waals surface area contributed by atoms with Gasteiger partial charge < -0.3 is 10.2 Å². The lowest BCUT2D eigenvalue weighted by molar-refractivity contribution is -0.140. The van der Waals surface area contributed by atoms with E-state index in [1.807, 2.05) is 61.5 Å². The maximum absolute atomic E-state index is 14.4. The molecule has 1 N–H and O–H groups in total. The Bertz CT molecular complexity index is 1090. The third kappa shape index (κ3) is 6.89. The van der Waals surface area contributed by atoms with Crippen LogP contribution in [0, 0.1) is 5.82 Å². The highest BCUT2D eigenvalue weighted by Crippen LogP contribution is 2.23. The Hall–Kier alpha value is -2.70. The molecule has 0 spiro atoms. The minimum atomic E-state index is -0.774. The summed E-state index contributed by atoms with van der Waals surface area (Å²) in [6.07, 6.45) is 0.0849. The van der Waals surface area contributed by atoms with Crippen molar-refractivity contribution in [2.24, 2.45) is 0 Å². The van der Waals surface area contributed by atoms with Gasteiger partial charge in [0.15, 0.2) is 0 Å². The molecule has 7 heteroatoms. The van der Waals surface area contributed by atoms with Gasteiger partial charge in [0.1, 0.15) is 11.9 Å². The predicted octanol–water partition coefficient (Wildman–Crippen LogP) is 5.56. The van der Waals surface area contributed by atoms with E-state index in [0.29, 0.717) is 13.0 Å². The maximum atomic E-state index is 14.4. The van der Waals surface area contributed by atoms with Gasteiger partial charge in [-0.15, -0.1) is 0 Å². The van der Waals surface area contributed by atoms with E-state index in [2.05, 4.69) is 21.2 Å². The number of halogens is 3. The summed E-state index contributed by atoms with van der Waals surface area (Å²) in [6.45, 7) is 2.46. The van der Waals surface area contributed by atoms with Crippen LogP contribution in [-0.4, -0.2) is 29.3 Å². The first-order chi connectivity index (χ1) is 15.9. The fourth-order valence-corrected chi connectivity index (χ4v) is 4.31. The van der Waals surface area contributed by atoms with Crippen LogP contribution in [0.15, 0.2) is 77.3 Å². The molecular weight excluding hydrogens is 507 g/mol.